The topological polar surface area (TPSA) is 38.0 Å². The van der Waals surface area contributed by atoms with Crippen LogP contribution in [0.15, 0.2) is 24.3 Å². The van der Waals surface area contributed by atoms with Gasteiger partial charge in [0.25, 0.3) is 0 Å². The molecule has 100 valence electrons. The van der Waals surface area contributed by atoms with Crippen LogP contribution < -0.4 is 11.1 Å². The molecule has 1 unspecified atom stereocenters. The van der Waals surface area contributed by atoms with E-state index in [1.165, 1.54) is 12.1 Å². The van der Waals surface area contributed by atoms with Crippen LogP contribution in [0.1, 0.15) is 30.4 Å². The average molecular weight is 258 g/mol. The zero-order valence-corrected chi connectivity index (χ0v) is 10.1. The lowest BCUT2D eigenvalue weighted by Gasteiger charge is -2.38. The fraction of sp³-hybridized carbons (Fsp3) is 0.538. The van der Waals surface area contributed by atoms with Gasteiger partial charge < -0.3 is 11.1 Å². The third kappa shape index (κ3) is 2.52. The first-order valence-electron chi connectivity index (χ1n) is 6.11. The van der Waals surface area contributed by atoms with Crippen molar-refractivity contribution in [2.75, 3.05) is 13.1 Å². The van der Waals surface area contributed by atoms with E-state index < -0.39 is 17.3 Å². The Morgan fingerprint density at radius 1 is 1.28 bits per heavy atom. The second-order valence-electron chi connectivity index (χ2n) is 4.75. The summed E-state index contributed by atoms with van der Waals surface area (Å²) in [5, 5.41) is 3.28. The fourth-order valence-corrected chi connectivity index (χ4v) is 2.50. The molecule has 1 aliphatic heterocycles. The van der Waals surface area contributed by atoms with Gasteiger partial charge in [0.05, 0.1) is 11.1 Å². The Hall–Kier alpha value is -1.07. The van der Waals surface area contributed by atoms with Gasteiger partial charge >= 0.3 is 6.18 Å². The minimum Gasteiger partial charge on any atom is -0.328 e. The summed E-state index contributed by atoms with van der Waals surface area (Å²) in [5.74, 6) is 0. The third-order valence-corrected chi connectivity index (χ3v) is 3.58. The molecule has 1 saturated heterocycles. The van der Waals surface area contributed by atoms with Crippen LogP contribution in [0.5, 0.6) is 0 Å². The molecule has 0 bridgehead atoms. The lowest BCUT2D eigenvalue weighted by molar-refractivity contribution is -0.137. The Morgan fingerprint density at radius 3 is 2.61 bits per heavy atom. The van der Waals surface area contributed by atoms with Crippen molar-refractivity contribution in [1.29, 1.82) is 0 Å². The monoisotopic (exact) mass is 258 g/mol. The van der Waals surface area contributed by atoms with Crippen molar-refractivity contribution in [1.82, 2.24) is 5.32 Å². The smallest absolute Gasteiger partial charge is 0.328 e. The number of hydrogen-bond donors (Lipinski definition) is 2. The summed E-state index contributed by atoms with van der Waals surface area (Å²) >= 11 is 0. The van der Waals surface area contributed by atoms with Gasteiger partial charge in [-0.3, -0.25) is 0 Å². The number of nitrogens with one attached hydrogen (secondary N) is 1. The molecule has 0 aliphatic carbocycles. The van der Waals surface area contributed by atoms with Crippen LogP contribution in [-0.2, 0) is 11.7 Å². The molecule has 1 aromatic rings. The third-order valence-electron chi connectivity index (χ3n) is 3.58. The Bertz CT molecular complexity index is 409. The van der Waals surface area contributed by atoms with Crippen LogP contribution >= 0.6 is 0 Å². The highest BCUT2D eigenvalue weighted by atomic mass is 19.4. The molecular formula is C13H17F3N2. The number of halogens is 3. The maximum Gasteiger partial charge on any atom is 0.416 e. The Morgan fingerprint density at radius 2 is 2.06 bits per heavy atom. The van der Waals surface area contributed by atoms with E-state index in [2.05, 4.69) is 5.32 Å². The van der Waals surface area contributed by atoms with E-state index >= 15 is 0 Å². The number of hydrogen-bond acceptors (Lipinski definition) is 2. The molecule has 0 radical (unpaired) electrons. The summed E-state index contributed by atoms with van der Waals surface area (Å²) in [6.45, 7) is 1.11. The Labute approximate surface area is 104 Å². The summed E-state index contributed by atoms with van der Waals surface area (Å²) in [6, 6.07) is 5.48. The molecule has 1 aliphatic rings. The molecule has 5 heteroatoms. The van der Waals surface area contributed by atoms with Crippen LogP contribution in [0, 0.1) is 0 Å². The highest BCUT2D eigenvalue weighted by molar-refractivity contribution is 5.32. The second kappa shape index (κ2) is 4.90. The van der Waals surface area contributed by atoms with E-state index in [-0.39, 0.29) is 0 Å². The van der Waals surface area contributed by atoms with Gasteiger partial charge in [0.1, 0.15) is 0 Å². The molecule has 0 amide bonds. The Kier molecular flexibility index (Phi) is 3.64. The van der Waals surface area contributed by atoms with Crippen molar-refractivity contribution in [3.8, 4) is 0 Å². The summed E-state index contributed by atoms with van der Waals surface area (Å²) in [6.07, 6.45) is -1.49. The maximum absolute atomic E-state index is 12.7. The molecule has 2 rings (SSSR count). The largest absolute Gasteiger partial charge is 0.416 e. The molecule has 1 fully saturated rings. The molecule has 1 aromatic carbocycles. The molecule has 0 spiro atoms. The van der Waals surface area contributed by atoms with Crippen molar-refractivity contribution in [3.63, 3.8) is 0 Å². The quantitative estimate of drug-likeness (QED) is 0.855. The van der Waals surface area contributed by atoms with Crippen LogP contribution in [0.3, 0.4) is 0 Å². The number of alkyl halides is 3. The normalized spacial score (nSPS) is 25.1. The first-order chi connectivity index (χ1) is 8.48. The van der Waals surface area contributed by atoms with E-state index in [4.69, 9.17) is 5.73 Å². The number of nitrogens with two attached hydrogens (primary N) is 1. The number of rotatable bonds is 2. The molecule has 2 nitrogen and oxygen atoms in total. The molecule has 3 N–H and O–H groups in total. The second-order valence-corrected chi connectivity index (χ2v) is 4.75. The van der Waals surface area contributed by atoms with Crippen molar-refractivity contribution in [3.05, 3.63) is 35.4 Å². The molecule has 1 heterocycles. The first kappa shape index (κ1) is 13.4. The van der Waals surface area contributed by atoms with Crippen LogP contribution in [0.2, 0.25) is 0 Å². The Balaban J connectivity index is 2.37. The van der Waals surface area contributed by atoms with Crippen LogP contribution in [0.25, 0.3) is 0 Å². The van der Waals surface area contributed by atoms with Gasteiger partial charge in [-0.2, -0.15) is 13.2 Å². The number of piperidine rings is 1. The standard InChI is InChI=1S/C13H17F3N2/c14-13(15,16)11-5-3-4-10(8-11)12(9-17)6-1-2-7-18-12/h3-5,8,18H,1-2,6-7,9,17H2. The highest BCUT2D eigenvalue weighted by Crippen LogP contribution is 2.34. The van der Waals surface area contributed by atoms with Gasteiger partial charge in [-0.15, -0.1) is 0 Å². The van der Waals surface area contributed by atoms with Gasteiger partial charge in [-0.25, -0.2) is 0 Å². The van der Waals surface area contributed by atoms with Gasteiger partial charge in [0.15, 0.2) is 0 Å². The lowest BCUT2D eigenvalue weighted by atomic mass is 9.82. The SMILES string of the molecule is NCC1(c2cccc(C(F)(F)F)c2)CCCCN1. The van der Waals surface area contributed by atoms with Gasteiger partial charge in [-0.1, -0.05) is 12.1 Å². The van der Waals surface area contributed by atoms with E-state index in [1.54, 1.807) is 6.07 Å². The van der Waals surface area contributed by atoms with Gasteiger partial charge in [0, 0.05) is 6.54 Å². The zero-order valence-electron chi connectivity index (χ0n) is 10.1. The maximum atomic E-state index is 12.7. The van der Waals surface area contributed by atoms with Crippen molar-refractivity contribution in [2.24, 2.45) is 5.73 Å². The molecule has 1 atom stereocenters. The average Bonchev–Trinajstić information content (AvgIpc) is 2.39. The zero-order chi connectivity index (χ0) is 13.2. The van der Waals surface area contributed by atoms with E-state index in [1.807, 2.05) is 0 Å². The van der Waals surface area contributed by atoms with E-state index in [0.29, 0.717) is 12.1 Å². The van der Waals surface area contributed by atoms with Crippen molar-refractivity contribution >= 4 is 0 Å². The fourth-order valence-electron chi connectivity index (χ4n) is 2.50. The van der Waals surface area contributed by atoms with Crippen molar-refractivity contribution in [2.45, 2.75) is 31.0 Å². The molecule has 0 saturated carbocycles. The summed E-state index contributed by atoms with van der Waals surface area (Å²) in [7, 11) is 0. The van der Waals surface area contributed by atoms with E-state index in [0.717, 1.165) is 31.9 Å². The molecular weight excluding hydrogens is 241 g/mol. The van der Waals surface area contributed by atoms with Gasteiger partial charge in [0.2, 0.25) is 0 Å². The van der Waals surface area contributed by atoms with E-state index in [9.17, 15) is 13.2 Å². The molecule has 18 heavy (non-hydrogen) atoms. The summed E-state index contributed by atoms with van der Waals surface area (Å²) in [5.41, 5.74) is 5.31. The first-order valence-corrected chi connectivity index (χ1v) is 6.11. The predicted molar refractivity (Wildman–Crippen MR) is 64.0 cm³/mol. The molecule has 0 aromatic heterocycles. The summed E-state index contributed by atoms with van der Waals surface area (Å²) < 4.78 is 38.1. The minimum absolute atomic E-state index is 0.314. The minimum atomic E-state index is -4.31. The predicted octanol–water partition coefficient (Wildman–Crippen LogP) is 2.63. The van der Waals surface area contributed by atoms with Crippen LogP contribution in [-0.4, -0.2) is 13.1 Å². The van der Waals surface area contributed by atoms with Gasteiger partial charge in [-0.05, 0) is 43.5 Å². The number of benzene rings is 1. The summed E-state index contributed by atoms with van der Waals surface area (Å²) in [4.78, 5) is 0. The lowest BCUT2D eigenvalue weighted by Crippen LogP contribution is -2.51. The van der Waals surface area contributed by atoms with Crippen LogP contribution in [0.4, 0.5) is 13.2 Å². The highest BCUT2D eigenvalue weighted by Gasteiger charge is 2.35. The van der Waals surface area contributed by atoms with Crippen molar-refractivity contribution < 1.29 is 13.2 Å².